The first-order valence-electron chi connectivity index (χ1n) is 17.4. The molecule has 12 nitrogen and oxygen atoms in total. The van der Waals surface area contributed by atoms with E-state index in [4.69, 9.17) is 14.0 Å². The van der Waals surface area contributed by atoms with Gasteiger partial charge in [0.05, 0.1) is 25.4 Å². The molecule has 1 saturated heterocycles. The first kappa shape index (κ1) is 42.1. The number of aliphatic hydroxyl groups excluding tert-OH is 4. The zero-order valence-electron chi connectivity index (χ0n) is 27.7. The highest BCUT2D eigenvalue weighted by molar-refractivity contribution is 7.80. The summed E-state index contributed by atoms with van der Waals surface area (Å²) in [5.74, 6) is -0.245. The van der Waals surface area contributed by atoms with Gasteiger partial charge in [-0.1, -0.05) is 123 Å². The Bertz CT molecular complexity index is 847. The van der Waals surface area contributed by atoms with Crippen molar-refractivity contribution in [1.29, 1.82) is 0 Å². The Kier molecular flexibility index (Phi) is 23.6. The zero-order chi connectivity index (χ0) is 33.5. The van der Waals surface area contributed by atoms with Crippen molar-refractivity contribution >= 4 is 16.3 Å². The van der Waals surface area contributed by atoms with Crippen molar-refractivity contribution in [2.75, 3.05) is 13.2 Å². The van der Waals surface area contributed by atoms with Crippen molar-refractivity contribution < 1.29 is 51.8 Å². The smallest absolute Gasteiger partial charge is 0.394 e. The minimum Gasteiger partial charge on any atom is -0.394 e. The van der Waals surface area contributed by atoms with Crippen LogP contribution in [0.15, 0.2) is 0 Å². The number of carbonyl (C=O) groups excluding carboxylic acids is 1. The van der Waals surface area contributed by atoms with E-state index in [9.17, 15) is 33.6 Å². The summed E-state index contributed by atoms with van der Waals surface area (Å²) in [6.07, 6.45) is 11.7. The summed E-state index contributed by atoms with van der Waals surface area (Å²) in [4.78, 5) is 12.7. The van der Waals surface area contributed by atoms with Crippen molar-refractivity contribution in [3.8, 4) is 0 Å². The summed E-state index contributed by atoms with van der Waals surface area (Å²) in [5, 5.41) is 44.2. The molecule has 0 unspecified atom stereocenters. The molecule has 0 aromatic heterocycles. The van der Waals surface area contributed by atoms with Crippen molar-refractivity contribution in [3.05, 3.63) is 0 Å². The number of amides is 1. The van der Waals surface area contributed by atoms with Crippen LogP contribution in [0.25, 0.3) is 0 Å². The quantitative estimate of drug-likeness (QED) is 0.0514. The van der Waals surface area contributed by atoms with Crippen LogP contribution in [0.1, 0.15) is 142 Å². The molecular formula is C32H63NO11S. The largest absolute Gasteiger partial charge is 0.397 e. The molecule has 7 atom stereocenters. The monoisotopic (exact) mass is 669 g/mol. The Morgan fingerprint density at radius 3 is 1.78 bits per heavy atom. The lowest BCUT2D eigenvalue weighted by Crippen LogP contribution is -2.61. The lowest BCUT2D eigenvalue weighted by atomic mass is 9.99. The van der Waals surface area contributed by atoms with Crippen LogP contribution >= 0.6 is 0 Å². The van der Waals surface area contributed by atoms with E-state index in [0.29, 0.717) is 12.8 Å². The van der Waals surface area contributed by atoms with E-state index in [0.717, 1.165) is 51.4 Å². The second-order valence-corrected chi connectivity index (χ2v) is 13.5. The highest BCUT2D eigenvalue weighted by Gasteiger charge is 2.48. The molecule has 1 fully saturated rings. The van der Waals surface area contributed by atoms with Crippen LogP contribution in [0.5, 0.6) is 0 Å². The normalized spacial score (nSPS) is 23.6. The van der Waals surface area contributed by atoms with Gasteiger partial charge in [0, 0.05) is 6.42 Å². The zero-order valence-corrected chi connectivity index (χ0v) is 28.5. The predicted molar refractivity (Wildman–Crippen MR) is 172 cm³/mol. The summed E-state index contributed by atoms with van der Waals surface area (Å²) in [6, 6.07) is -0.846. The highest BCUT2D eigenvalue weighted by Crippen LogP contribution is 2.26. The number of carbonyl (C=O) groups is 1. The summed E-state index contributed by atoms with van der Waals surface area (Å²) in [6.45, 7) is 3.30. The number of ether oxygens (including phenoxy) is 2. The summed E-state index contributed by atoms with van der Waals surface area (Å²) in [7, 11) is -5.06. The molecule has 0 aromatic carbocycles. The van der Waals surface area contributed by atoms with Gasteiger partial charge in [0.1, 0.15) is 24.4 Å². The average molecular weight is 670 g/mol. The van der Waals surface area contributed by atoms with E-state index in [1.807, 2.05) is 0 Å². The SMILES string of the molecule is CCCCCCCCCCCCCCC[C@@H](O)[C@H](CO[C@@H]1O[C@H](CO)[C@H](O)[C@H](OS(=O)(=O)O)[C@H]1O)NC(=O)CCCCCCC. The topological polar surface area (TPSA) is 192 Å². The van der Waals surface area contributed by atoms with Gasteiger partial charge in [-0.15, -0.1) is 0 Å². The fraction of sp³-hybridized carbons (Fsp3) is 0.969. The standard InChI is InChI=1S/C32H63NO11S/c1-3-5-7-9-10-11-12-13-14-15-16-18-19-21-26(35)25(33-28(36)22-20-17-8-6-4-2)24-42-32-30(38)31(44-45(39,40)41)29(37)27(23-34)43-32/h25-27,29-32,34-35,37-38H,3-24H2,1-2H3,(H,33,36)(H,39,40,41)/t25-,26+,27+,29-,30+,31-,32+/m0/s1. The lowest BCUT2D eigenvalue weighted by molar-refractivity contribution is -0.298. The maximum Gasteiger partial charge on any atom is 0.397 e. The van der Waals surface area contributed by atoms with Gasteiger partial charge in [0.15, 0.2) is 6.29 Å². The fourth-order valence-electron chi connectivity index (χ4n) is 5.63. The maximum absolute atomic E-state index is 12.7. The Balaban J connectivity index is 2.60. The molecule has 1 aliphatic heterocycles. The van der Waals surface area contributed by atoms with Gasteiger partial charge in [-0.3, -0.25) is 9.35 Å². The Morgan fingerprint density at radius 2 is 1.29 bits per heavy atom. The molecule has 1 amide bonds. The van der Waals surface area contributed by atoms with Gasteiger partial charge >= 0.3 is 10.4 Å². The van der Waals surface area contributed by atoms with E-state index < -0.39 is 59.9 Å². The number of aliphatic hydroxyl groups is 4. The molecule has 1 aliphatic rings. The fourth-order valence-corrected chi connectivity index (χ4v) is 6.14. The first-order valence-corrected chi connectivity index (χ1v) is 18.8. The van der Waals surface area contributed by atoms with E-state index in [-0.39, 0.29) is 18.9 Å². The molecule has 268 valence electrons. The van der Waals surface area contributed by atoms with Crippen LogP contribution in [-0.4, -0.2) is 95.4 Å². The summed E-state index contributed by atoms with van der Waals surface area (Å²) >= 11 is 0. The Labute approximate surface area is 271 Å². The molecule has 45 heavy (non-hydrogen) atoms. The molecule has 13 heteroatoms. The van der Waals surface area contributed by atoms with Crippen LogP contribution < -0.4 is 5.32 Å². The predicted octanol–water partition coefficient (Wildman–Crippen LogP) is 4.32. The molecule has 6 N–H and O–H groups in total. The van der Waals surface area contributed by atoms with E-state index >= 15 is 0 Å². The summed E-state index contributed by atoms with van der Waals surface area (Å²) in [5.41, 5.74) is 0. The second-order valence-electron chi connectivity index (χ2n) is 12.5. The Hall–Kier alpha value is -0.900. The third-order valence-electron chi connectivity index (χ3n) is 8.42. The number of nitrogens with one attached hydrogen (secondary N) is 1. The maximum atomic E-state index is 12.7. The molecular weight excluding hydrogens is 606 g/mol. The minimum atomic E-state index is -5.06. The highest BCUT2D eigenvalue weighted by atomic mass is 32.3. The van der Waals surface area contributed by atoms with Crippen molar-refractivity contribution in [3.63, 3.8) is 0 Å². The molecule has 0 spiro atoms. The van der Waals surface area contributed by atoms with Crippen LogP contribution in [0.4, 0.5) is 0 Å². The van der Waals surface area contributed by atoms with E-state index in [1.165, 1.54) is 57.8 Å². The molecule has 0 aromatic rings. The van der Waals surface area contributed by atoms with Crippen molar-refractivity contribution in [2.45, 2.75) is 185 Å². The van der Waals surface area contributed by atoms with Crippen LogP contribution in [0.3, 0.4) is 0 Å². The number of unbranched alkanes of at least 4 members (excludes halogenated alkanes) is 16. The van der Waals surface area contributed by atoms with Gasteiger partial charge in [0.2, 0.25) is 5.91 Å². The number of rotatable bonds is 28. The third kappa shape index (κ3) is 19.5. The van der Waals surface area contributed by atoms with Crippen molar-refractivity contribution in [2.24, 2.45) is 0 Å². The van der Waals surface area contributed by atoms with Gasteiger partial charge < -0.3 is 35.2 Å². The van der Waals surface area contributed by atoms with Crippen LogP contribution in [0, 0.1) is 0 Å². The molecule has 0 aliphatic carbocycles. The van der Waals surface area contributed by atoms with Gasteiger partial charge in [-0.25, -0.2) is 4.18 Å². The molecule has 1 rings (SSSR count). The van der Waals surface area contributed by atoms with Gasteiger partial charge in [-0.2, -0.15) is 8.42 Å². The molecule has 0 bridgehead atoms. The van der Waals surface area contributed by atoms with Crippen LogP contribution in [0.2, 0.25) is 0 Å². The third-order valence-corrected chi connectivity index (χ3v) is 8.88. The minimum absolute atomic E-state index is 0.245. The average Bonchev–Trinajstić information content (AvgIpc) is 2.99. The van der Waals surface area contributed by atoms with Crippen LogP contribution in [-0.2, 0) is 28.9 Å². The Morgan fingerprint density at radius 1 is 0.800 bits per heavy atom. The molecule has 0 radical (unpaired) electrons. The van der Waals surface area contributed by atoms with Crippen molar-refractivity contribution in [1.82, 2.24) is 5.32 Å². The molecule has 1 heterocycles. The second kappa shape index (κ2) is 25.2. The molecule has 0 saturated carbocycles. The number of hydrogen-bond donors (Lipinski definition) is 6. The van der Waals surface area contributed by atoms with Gasteiger partial charge in [-0.05, 0) is 12.8 Å². The summed E-state index contributed by atoms with van der Waals surface area (Å²) < 4.78 is 47.1. The van der Waals surface area contributed by atoms with E-state index in [1.54, 1.807) is 0 Å². The number of hydrogen-bond acceptors (Lipinski definition) is 10. The first-order chi connectivity index (χ1) is 21.5. The lowest BCUT2D eigenvalue weighted by Gasteiger charge is -2.41. The van der Waals surface area contributed by atoms with Gasteiger partial charge in [0.25, 0.3) is 0 Å². The van der Waals surface area contributed by atoms with E-state index in [2.05, 4.69) is 23.3 Å².